The quantitative estimate of drug-likeness (QED) is 0.175. The minimum absolute atomic E-state index is 0.00188. The summed E-state index contributed by atoms with van der Waals surface area (Å²) in [6.45, 7) is 16.9. The summed E-state index contributed by atoms with van der Waals surface area (Å²) in [4.78, 5) is 28.6. The predicted octanol–water partition coefficient (Wildman–Crippen LogP) is 7.74. The Morgan fingerprint density at radius 1 is 0.927 bits per heavy atom. The van der Waals surface area contributed by atoms with Crippen molar-refractivity contribution in [2.75, 3.05) is 11.5 Å². The first-order chi connectivity index (χ1) is 19.3. The number of anilines is 1. The van der Waals surface area contributed by atoms with Crippen LogP contribution in [0.15, 0.2) is 72.3 Å². The molecule has 1 unspecified atom stereocenters. The number of Topliss-reactive ketones (excluding diaryl/α,β-unsaturated/α-hetero) is 1. The van der Waals surface area contributed by atoms with Crippen LogP contribution in [-0.4, -0.2) is 29.5 Å². The minimum atomic E-state index is -0.807. The molecule has 0 radical (unpaired) electrons. The molecule has 1 heterocycles. The molecule has 0 aliphatic carbocycles. The fraction of sp³-hybridized carbons (Fsp3) is 0.371. The van der Waals surface area contributed by atoms with Crippen LogP contribution >= 0.6 is 0 Å². The second-order valence-corrected chi connectivity index (χ2v) is 12.4. The average molecular weight is 556 g/mol. The number of aryl methyl sites for hydroxylation is 1. The van der Waals surface area contributed by atoms with E-state index in [-0.39, 0.29) is 22.9 Å². The van der Waals surface area contributed by atoms with Crippen molar-refractivity contribution in [2.45, 2.75) is 73.0 Å². The number of rotatable bonds is 8. The highest BCUT2D eigenvalue weighted by atomic mass is 16.5. The van der Waals surface area contributed by atoms with Crippen molar-refractivity contribution in [1.82, 2.24) is 0 Å². The van der Waals surface area contributed by atoms with E-state index in [1.165, 1.54) is 4.90 Å². The smallest absolute Gasteiger partial charge is 0.300 e. The lowest BCUT2D eigenvalue weighted by Gasteiger charge is -2.27. The van der Waals surface area contributed by atoms with E-state index in [0.717, 1.165) is 16.7 Å². The summed E-state index contributed by atoms with van der Waals surface area (Å²) in [6, 6.07) is 19.5. The zero-order valence-corrected chi connectivity index (χ0v) is 25.3. The lowest BCUT2D eigenvalue weighted by molar-refractivity contribution is -0.132. The topological polar surface area (TPSA) is 76.1 Å². The molecule has 1 aliphatic rings. The summed E-state index contributed by atoms with van der Waals surface area (Å²) < 4.78 is 11.7. The third-order valence-electron chi connectivity index (χ3n) is 7.04. The van der Waals surface area contributed by atoms with Crippen LogP contribution in [0.3, 0.4) is 0 Å². The fourth-order valence-electron chi connectivity index (χ4n) is 4.91. The van der Waals surface area contributed by atoms with Crippen LogP contribution in [0.4, 0.5) is 5.69 Å². The maximum absolute atomic E-state index is 13.6. The molecule has 6 heteroatoms. The van der Waals surface area contributed by atoms with Gasteiger partial charge in [0.1, 0.15) is 17.3 Å². The Morgan fingerprint density at radius 2 is 1.56 bits per heavy atom. The Bertz CT molecular complexity index is 1440. The molecule has 3 aromatic rings. The van der Waals surface area contributed by atoms with E-state index >= 15 is 0 Å². The summed E-state index contributed by atoms with van der Waals surface area (Å²) in [5, 5.41) is 11.6. The van der Waals surface area contributed by atoms with Gasteiger partial charge in [0, 0.05) is 11.3 Å². The van der Waals surface area contributed by atoms with Crippen LogP contribution in [0.5, 0.6) is 11.5 Å². The summed E-state index contributed by atoms with van der Waals surface area (Å²) in [6.07, 6.45) is 0.00188. The highest BCUT2D eigenvalue weighted by Gasteiger charge is 2.47. The minimum Gasteiger partial charge on any atom is -0.507 e. The SMILES string of the molecule is Cc1cc(/C(O)=C2/C(=O)C(=O)N(c3ccc(OC(C)C)cc3)C2c2ccc(C(C)(C)C)cc2)ccc1OCC(C)C. The monoisotopic (exact) mass is 555 g/mol. The Balaban J connectivity index is 1.83. The molecule has 216 valence electrons. The van der Waals surface area contributed by atoms with Gasteiger partial charge in [0.25, 0.3) is 11.7 Å². The number of hydrogen-bond acceptors (Lipinski definition) is 5. The fourth-order valence-corrected chi connectivity index (χ4v) is 4.91. The van der Waals surface area contributed by atoms with Crippen LogP contribution in [0.1, 0.15) is 76.8 Å². The predicted molar refractivity (Wildman–Crippen MR) is 164 cm³/mol. The second-order valence-electron chi connectivity index (χ2n) is 12.4. The number of hydrogen-bond donors (Lipinski definition) is 1. The van der Waals surface area contributed by atoms with Crippen molar-refractivity contribution < 1.29 is 24.2 Å². The van der Waals surface area contributed by atoms with E-state index in [1.54, 1.807) is 42.5 Å². The molecule has 0 spiro atoms. The molecule has 41 heavy (non-hydrogen) atoms. The molecule has 1 amide bonds. The number of amides is 1. The summed E-state index contributed by atoms with van der Waals surface area (Å²) in [5.41, 5.74) is 3.67. The molecule has 0 bridgehead atoms. The first-order valence-electron chi connectivity index (χ1n) is 14.2. The number of aliphatic hydroxyl groups is 1. The zero-order chi connectivity index (χ0) is 30.1. The third kappa shape index (κ3) is 6.48. The van der Waals surface area contributed by atoms with E-state index in [4.69, 9.17) is 9.47 Å². The molecule has 1 N–H and O–H groups in total. The van der Waals surface area contributed by atoms with Gasteiger partial charge in [-0.1, -0.05) is 58.9 Å². The molecular formula is C35H41NO5. The summed E-state index contributed by atoms with van der Waals surface area (Å²) >= 11 is 0. The number of benzene rings is 3. The van der Waals surface area contributed by atoms with Gasteiger partial charge in [-0.25, -0.2) is 0 Å². The van der Waals surface area contributed by atoms with Crippen molar-refractivity contribution in [3.05, 3.63) is 94.6 Å². The van der Waals surface area contributed by atoms with Crippen LogP contribution in [0.25, 0.3) is 5.76 Å². The van der Waals surface area contributed by atoms with Gasteiger partial charge in [0.15, 0.2) is 0 Å². The molecule has 0 saturated carbocycles. The number of ether oxygens (including phenoxy) is 2. The second kappa shape index (κ2) is 11.8. The van der Waals surface area contributed by atoms with Gasteiger partial charge in [0.05, 0.1) is 24.3 Å². The number of ketones is 1. The summed E-state index contributed by atoms with van der Waals surface area (Å²) in [5.74, 6) is 0.119. The van der Waals surface area contributed by atoms with E-state index in [2.05, 4.69) is 34.6 Å². The molecule has 6 nitrogen and oxygen atoms in total. The number of carbonyl (C=O) groups is 2. The number of carbonyl (C=O) groups excluding carboxylic acids is 2. The third-order valence-corrected chi connectivity index (χ3v) is 7.04. The van der Waals surface area contributed by atoms with Gasteiger partial charge in [-0.3, -0.25) is 14.5 Å². The van der Waals surface area contributed by atoms with Crippen LogP contribution < -0.4 is 14.4 Å². The molecule has 1 saturated heterocycles. The zero-order valence-electron chi connectivity index (χ0n) is 25.3. The normalized spacial score (nSPS) is 17.0. The number of nitrogens with zero attached hydrogens (tertiary/aromatic N) is 1. The Hall–Kier alpha value is -4.06. The van der Waals surface area contributed by atoms with E-state index in [1.807, 2.05) is 45.0 Å². The Labute approximate surface area is 243 Å². The van der Waals surface area contributed by atoms with Crippen LogP contribution in [0, 0.1) is 12.8 Å². The van der Waals surface area contributed by atoms with E-state index in [9.17, 15) is 14.7 Å². The van der Waals surface area contributed by atoms with Crippen LogP contribution in [0.2, 0.25) is 0 Å². The highest BCUT2D eigenvalue weighted by Crippen LogP contribution is 2.43. The maximum atomic E-state index is 13.6. The molecule has 4 rings (SSSR count). The Kier molecular flexibility index (Phi) is 8.62. The molecule has 0 aromatic heterocycles. The van der Waals surface area contributed by atoms with Gasteiger partial charge in [-0.05, 0) is 91.3 Å². The largest absolute Gasteiger partial charge is 0.507 e. The standard InChI is InChI=1S/C35H41NO5/c1-21(2)20-40-29-18-11-25(19-23(29)5)32(37)30-31(24-9-12-26(13-10-24)35(6,7)8)36(34(39)33(30)38)27-14-16-28(17-15-27)41-22(3)4/h9-19,21-22,31,37H,20H2,1-8H3/b32-30-. The number of aliphatic hydroxyl groups excluding tert-OH is 1. The van der Waals surface area contributed by atoms with Crippen molar-refractivity contribution in [3.8, 4) is 11.5 Å². The molecule has 1 atom stereocenters. The lowest BCUT2D eigenvalue weighted by Crippen LogP contribution is -2.29. The van der Waals surface area contributed by atoms with Crippen molar-refractivity contribution >= 4 is 23.1 Å². The first kappa shape index (κ1) is 29.9. The first-order valence-corrected chi connectivity index (χ1v) is 14.2. The molecule has 1 aliphatic heterocycles. The summed E-state index contributed by atoms with van der Waals surface area (Å²) in [7, 11) is 0. The van der Waals surface area contributed by atoms with Crippen LogP contribution in [-0.2, 0) is 15.0 Å². The van der Waals surface area contributed by atoms with Gasteiger partial charge in [0.2, 0.25) is 0 Å². The van der Waals surface area contributed by atoms with E-state index in [0.29, 0.717) is 35.3 Å². The van der Waals surface area contributed by atoms with Gasteiger partial charge in [-0.2, -0.15) is 0 Å². The van der Waals surface area contributed by atoms with Crippen molar-refractivity contribution in [1.29, 1.82) is 0 Å². The lowest BCUT2D eigenvalue weighted by atomic mass is 9.85. The molecule has 3 aromatic carbocycles. The molecular weight excluding hydrogens is 514 g/mol. The molecule has 1 fully saturated rings. The van der Waals surface area contributed by atoms with Gasteiger partial charge >= 0.3 is 0 Å². The highest BCUT2D eigenvalue weighted by molar-refractivity contribution is 6.51. The van der Waals surface area contributed by atoms with Gasteiger partial charge in [-0.15, -0.1) is 0 Å². The average Bonchev–Trinajstić information content (AvgIpc) is 3.17. The van der Waals surface area contributed by atoms with Gasteiger partial charge < -0.3 is 14.6 Å². The van der Waals surface area contributed by atoms with Crippen molar-refractivity contribution in [2.24, 2.45) is 5.92 Å². The maximum Gasteiger partial charge on any atom is 0.300 e. The Morgan fingerprint density at radius 3 is 2.10 bits per heavy atom. The van der Waals surface area contributed by atoms with Crippen molar-refractivity contribution in [3.63, 3.8) is 0 Å². The van der Waals surface area contributed by atoms with E-state index < -0.39 is 17.7 Å².